The van der Waals surface area contributed by atoms with Crippen LogP contribution in [0.5, 0.6) is 0 Å². The molecule has 3 nitrogen and oxygen atoms in total. The number of hydrogen-bond donors (Lipinski definition) is 1. The van der Waals surface area contributed by atoms with Crippen LogP contribution in [0.15, 0.2) is 0 Å². The molecule has 1 unspecified atom stereocenters. The van der Waals surface area contributed by atoms with Crippen molar-refractivity contribution in [2.75, 3.05) is 30.3 Å². The fourth-order valence-corrected chi connectivity index (χ4v) is 4.90. The summed E-state index contributed by atoms with van der Waals surface area (Å²) in [6, 6.07) is 0. The molecule has 5 heteroatoms. The molecule has 1 aliphatic heterocycles. The van der Waals surface area contributed by atoms with Crippen molar-refractivity contribution in [3.05, 3.63) is 10.6 Å². The molecule has 0 aliphatic carbocycles. The molecule has 0 amide bonds. The Kier molecular flexibility index (Phi) is 5.97. The molecule has 0 bridgehead atoms. The third kappa shape index (κ3) is 4.36. The summed E-state index contributed by atoms with van der Waals surface area (Å²) >= 11 is 3.97. The summed E-state index contributed by atoms with van der Waals surface area (Å²) in [5.74, 6) is 1.75. The Morgan fingerprint density at radius 1 is 1.38 bits per heavy atom. The zero-order chi connectivity index (χ0) is 15.5. The minimum absolute atomic E-state index is 0.336. The van der Waals surface area contributed by atoms with Gasteiger partial charge in [0.25, 0.3) is 0 Å². The van der Waals surface area contributed by atoms with E-state index in [2.05, 4.69) is 56.6 Å². The maximum Gasteiger partial charge on any atom is 0.185 e. The number of rotatable bonds is 6. The van der Waals surface area contributed by atoms with Crippen molar-refractivity contribution in [3.8, 4) is 0 Å². The van der Waals surface area contributed by atoms with Gasteiger partial charge in [-0.1, -0.05) is 20.8 Å². The first-order chi connectivity index (χ1) is 9.96. The second-order valence-electron chi connectivity index (χ2n) is 6.42. The van der Waals surface area contributed by atoms with Crippen LogP contribution < -0.4 is 10.2 Å². The first-order valence-corrected chi connectivity index (χ1v) is 9.86. The van der Waals surface area contributed by atoms with Gasteiger partial charge >= 0.3 is 0 Å². The molecule has 1 fully saturated rings. The fourth-order valence-electron chi connectivity index (χ4n) is 2.61. The number of hydrogen-bond acceptors (Lipinski definition) is 5. The SMILES string of the molecule is CCNCc1sc(N2CCSC(C)(C)C2)nc1C(C)CC. The van der Waals surface area contributed by atoms with E-state index in [-0.39, 0.29) is 0 Å². The smallest absolute Gasteiger partial charge is 0.185 e. The van der Waals surface area contributed by atoms with Crippen LogP contribution in [-0.2, 0) is 6.54 Å². The highest BCUT2D eigenvalue weighted by Crippen LogP contribution is 2.37. The van der Waals surface area contributed by atoms with E-state index >= 15 is 0 Å². The summed E-state index contributed by atoms with van der Waals surface area (Å²) in [5, 5.41) is 4.69. The average Bonchev–Trinajstić information content (AvgIpc) is 2.87. The summed E-state index contributed by atoms with van der Waals surface area (Å²) in [6.07, 6.45) is 1.16. The lowest BCUT2D eigenvalue weighted by Gasteiger charge is -2.37. The number of nitrogens with zero attached hydrogens (tertiary/aromatic N) is 2. The average molecular weight is 328 g/mol. The van der Waals surface area contributed by atoms with E-state index in [9.17, 15) is 0 Å². The second kappa shape index (κ2) is 7.34. The highest BCUT2D eigenvalue weighted by atomic mass is 32.2. The lowest BCUT2D eigenvalue weighted by Crippen LogP contribution is -2.43. The largest absolute Gasteiger partial charge is 0.346 e. The molecule has 1 aromatic heterocycles. The molecule has 0 saturated carbocycles. The lowest BCUT2D eigenvalue weighted by atomic mass is 10.0. The third-order valence-electron chi connectivity index (χ3n) is 4.03. The van der Waals surface area contributed by atoms with E-state index in [1.807, 2.05) is 11.3 Å². The van der Waals surface area contributed by atoms with Gasteiger partial charge in [0.2, 0.25) is 0 Å². The van der Waals surface area contributed by atoms with Crippen molar-refractivity contribution >= 4 is 28.2 Å². The molecular formula is C16H29N3S2. The molecule has 1 atom stereocenters. The number of thiazole rings is 1. The molecule has 120 valence electrons. The summed E-state index contributed by atoms with van der Waals surface area (Å²) in [5.41, 5.74) is 1.31. The molecule has 1 N–H and O–H groups in total. The normalized spacial score (nSPS) is 19.8. The van der Waals surface area contributed by atoms with Crippen LogP contribution >= 0.6 is 23.1 Å². The van der Waals surface area contributed by atoms with E-state index in [0.29, 0.717) is 10.7 Å². The van der Waals surface area contributed by atoms with Gasteiger partial charge in [-0.15, -0.1) is 11.3 Å². The van der Waals surface area contributed by atoms with Crippen molar-refractivity contribution in [1.29, 1.82) is 0 Å². The fraction of sp³-hybridized carbons (Fsp3) is 0.812. The Bertz CT molecular complexity index is 456. The van der Waals surface area contributed by atoms with Crippen molar-refractivity contribution in [1.82, 2.24) is 10.3 Å². The molecule has 2 rings (SSSR count). The van der Waals surface area contributed by atoms with Crippen LogP contribution in [0.1, 0.15) is 57.5 Å². The van der Waals surface area contributed by atoms with Crippen LogP contribution in [0, 0.1) is 0 Å². The Balaban J connectivity index is 2.21. The Labute approximate surface area is 137 Å². The van der Waals surface area contributed by atoms with E-state index in [1.54, 1.807) is 0 Å². The Morgan fingerprint density at radius 3 is 2.76 bits per heavy atom. The van der Waals surface area contributed by atoms with Gasteiger partial charge in [-0.3, -0.25) is 0 Å². The lowest BCUT2D eigenvalue weighted by molar-refractivity contribution is 0.641. The summed E-state index contributed by atoms with van der Waals surface area (Å²) < 4.78 is 0.336. The van der Waals surface area contributed by atoms with Crippen LogP contribution in [0.2, 0.25) is 0 Å². The van der Waals surface area contributed by atoms with E-state index in [0.717, 1.165) is 32.6 Å². The zero-order valence-electron chi connectivity index (χ0n) is 14.0. The second-order valence-corrected chi connectivity index (χ2v) is 9.29. The Morgan fingerprint density at radius 2 is 2.14 bits per heavy atom. The van der Waals surface area contributed by atoms with E-state index < -0.39 is 0 Å². The van der Waals surface area contributed by atoms with Crippen LogP contribution in [0.25, 0.3) is 0 Å². The van der Waals surface area contributed by atoms with Crippen LogP contribution in [0.4, 0.5) is 5.13 Å². The van der Waals surface area contributed by atoms with Gasteiger partial charge in [-0.05, 0) is 32.7 Å². The molecule has 1 aromatic rings. The number of thioether (sulfide) groups is 1. The Hall–Kier alpha value is -0.260. The topological polar surface area (TPSA) is 28.2 Å². The van der Waals surface area contributed by atoms with Crippen LogP contribution in [0.3, 0.4) is 0 Å². The number of nitrogens with one attached hydrogen (secondary N) is 1. The first kappa shape index (κ1) is 17.1. The van der Waals surface area contributed by atoms with Crippen LogP contribution in [-0.4, -0.2) is 35.1 Å². The highest BCUT2D eigenvalue weighted by molar-refractivity contribution is 8.00. The van der Waals surface area contributed by atoms with Crippen molar-refractivity contribution in [2.24, 2.45) is 0 Å². The van der Waals surface area contributed by atoms with Gasteiger partial charge in [-0.25, -0.2) is 4.98 Å². The van der Waals surface area contributed by atoms with Crippen molar-refractivity contribution in [3.63, 3.8) is 0 Å². The van der Waals surface area contributed by atoms with Gasteiger partial charge in [0.05, 0.1) is 5.69 Å². The quantitative estimate of drug-likeness (QED) is 0.851. The zero-order valence-corrected chi connectivity index (χ0v) is 15.7. The summed E-state index contributed by atoms with van der Waals surface area (Å²) in [4.78, 5) is 8.93. The third-order valence-corrected chi connectivity index (χ3v) is 6.46. The first-order valence-electron chi connectivity index (χ1n) is 8.06. The van der Waals surface area contributed by atoms with Gasteiger partial charge in [0, 0.05) is 35.0 Å². The van der Waals surface area contributed by atoms with Gasteiger partial charge in [0.15, 0.2) is 5.13 Å². The summed E-state index contributed by atoms with van der Waals surface area (Å²) in [6.45, 7) is 15.6. The number of anilines is 1. The maximum absolute atomic E-state index is 5.02. The van der Waals surface area contributed by atoms with Gasteiger partial charge < -0.3 is 10.2 Å². The monoisotopic (exact) mass is 327 g/mol. The molecule has 1 aliphatic rings. The molecular weight excluding hydrogens is 298 g/mol. The molecule has 0 radical (unpaired) electrons. The van der Waals surface area contributed by atoms with Crippen molar-refractivity contribution < 1.29 is 0 Å². The van der Waals surface area contributed by atoms with Crippen molar-refractivity contribution in [2.45, 2.75) is 58.2 Å². The minimum Gasteiger partial charge on any atom is -0.346 e. The minimum atomic E-state index is 0.336. The predicted octanol–water partition coefficient (Wildman–Crippen LogP) is 4.10. The van der Waals surface area contributed by atoms with Gasteiger partial charge in [0.1, 0.15) is 0 Å². The molecule has 21 heavy (non-hydrogen) atoms. The molecule has 0 spiro atoms. The van der Waals surface area contributed by atoms with Gasteiger partial charge in [-0.2, -0.15) is 11.8 Å². The summed E-state index contributed by atoms with van der Waals surface area (Å²) in [7, 11) is 0. The highest BCUT2D eigenvalue weighted by Gasteiger charge is 2.29. The molecule has 0 aromatic carbocycles. The standard InChI is InChI=1S/C16H29N3S2/c1-6-12(3)14-13(10-17-7-2)21-15(18-14)19-8-9-20-16(4,5)11-19/h12,17H,6-11H2,1-5H3. The maximum atomic E-state index is 5.02. The molecule has 1 saturated heterocycles. The van der Waals surface area contributed by atoms with E-state index in [1.165, 1.54) is 21.5 Å². The predicted molar refractivity (Wildman–Crippen MR) is 97.0 cm³/mol. The molecule has 2 heterocycles. The number of aromatic nitrogens is 1. The van der Waals surface area contributed by atoms with E-state index in [4.69, 9.17) is 4.98 Å².